The SMILES string of the molecule is CC(C)[C@@H](NC(=O)Cc1ccccc1)C(=O)OCc1ccc(C(F)(F)F)cc1. The lowest BCUT2D eigenvalue weighted by Crippen LogP contribution is -2.45. The van der Waals surface area contributed by atoms with Crippen molar-refractivity contribution in [2.75, 3.05) is 0 Å². The molecule has 0 saturated carbocycles. The van der Waals surface area contributed by atoms with E-state index in [1.165, 1.54) is 12.1 Å². The third-order valence-electron chi connectivity index (χ3n) is 4.11. The van der Waals surface area contributed by atoms with E-state index in [2.05, 4.69) is 5.32 Å². The van der Waals surface area contributed by atoms with Gasteiger partial charge in [0.15, 0.2) is 0 Å². The highest BCUT2D eigenvalue weighted by Crippen LogP contribution is 2.29. The Kier molecular flexibility index (Phi) is 7.20. The Morgan fingerprint density at radius 1 is 0.964 bits per heavy atom. The second kappa shape index (κ2) is 9.39. The van der Waals surface area contributed by atoms with Gasteiger partial charge in [-0.15, -0.1) is 0 Å². The summed E-state index contributed by atoms with van der Waals surface area (Å²) in [5.74, 6) is -1.15. The van der Waals surface area contributed by atoms with Crippen molar-refractivity contribution in [3.8, 4) is 0 Å². The van der Waals surface area contributed by atoms with E-state index in [9.17, 15) is 22.8 Å². The molecule has 0 aliphatic heterocycles. The van der Waals surface area contributed by atoms with Gasteiger partial charge < -0.3 is 10.1 Å². The van der Waals surface area contributed by atoms with E-state index in [4.69, 9.17) is 4.74 Å². The van der Waals surface area contributed by atoms with Crippen molar-refractivity contribution in [1.82, 2.24) is 5.32 Å². The lowest BCUT2D eigenvalue weighted by atomic mass is 10.0. The number of carbonyl (C=O) groups is 2. The number of nitrogens with one attached hydrogen (secondary N) is 1. The molecular weight excluding hydrogens is 371 g/mol. The summed E-state index contributed by atoms with van der Waals surface area (Å²) in [5, 5.41) is 2.67. The number of hydrogen-bond donors (Lipinski definition) is 1. The molecule has 4 nitrogen and oxygen atoms in total. The summed E-state index contributed by atoms with van der Waals surface area (Å²) < 4.78 is 42.9. The van der Waals surface area contributed by atoms with Gasteiger partial charge >= 0.3 is 12.1 Å². The molecule has 0 aliphatic rings. The maximum absolute atomic E-state index is 12.6. The standard InChI is InChI=1S/C21H22F3NO3/c1-14(2)19(25-18(26)12-15-6-4-3-5-7-15)20(27)28-13-16-8-10-17(11-9-16)21(22,23)24/h3-11,14,19H,12-13H2,1-2H3,(H,25,26)/t19-/m1/s1. The van der Waals surface area contributed by atoms with E-state index in [1.807, 2.05) is 30.3 Å². The van der Waals surface area contributed by atoms with Crippen LogP contribution in [0.25, 0.3) is 0 Å². The first-order valence-electron chi connectivity index (χ1n) is 8.83. The smallest absolute Gasteiger partial charge is 0.416 e. The van der Waals surface area contributed by atoms with Gasteiger partial charge in [0.25, 0.3) is 0 Å². The maximum atomic E-state index is 12.6. The molecule has 0 unspecified atom stereocenters. The maximum Gasteiger partial charge on any atom is 0.416 e. The number of benzene rings is 2. The number of alkyl halides is 3. The first kappa shape index (κ1) is 21.5. The summed E-state index contributed by atoms with van der Waals surface area (Å²) in [5.41, 5.74) is 0.482. The molecule has 2 aromatic rings. The van der Waals surface area contributed by atoms with Gasteiger partial charge in [0.05, 0.1) is 12.0 Å². The molecule has 0 bridgehead atoms. The lowest BCUT2D eigenvalue weighted by molar-refractivity contribution is -0.150. The number of esters is 1. The van der Waals surface area contributed by atoms with Crippen molar-refractivity contribution >= 4 is 11.9 Å². The highest BCUT2D eigenvalue weighted by Gasteiger charge is 2.30. The summed E-state index contributed by atoms with van der Waals surface area (Å²) in [7, 11) is 0. The van der Waals surface area contributed by atoms with Crippen LogP contribution in [-0.4, -0.2) is 17.9 Å². The van der Waals surface area contributed by atoms with Crippen LogP contribution >= 0.6 is 0 Å². The quantitative estimate of drug-likeness (QED) is 0.720. The number of rotatable bonds is 7. The molecule has 0 aromatic heterocycles. The molecule has 1 N–H and O–H groups in total. The van der Waals surface area contributed by atoms with Crippen LogP contribution < -0.4 is 5.32 Å². The average molecular weight is 393 g/mol. The fourth-order valence-electron chi connectivity index (χ4n) is 2.54. The van der Waals surface area contributed by atoms with Crippen LogP contribution in [0.5, 0.6) is 0 Å². The van der Waals surface area contributed by atoms with Crippen molar-refractivity contribution in [3.63, 3.8) is 0 Å². The van der Waals surface area contributed by atoms with Crippen LogP contribution in [0.4, 0.5) is 13.2 Å². The Labute approximate surface area is 161 Å². The van der Waals surface area contributed by atoms with Crippen molar-refractivity contribution in [1.29, 1.82) is 0 Å². The van der Waals surface area contributed by atoms with Gasteiger partial charge in [0.1, 0.15) is 12.6 Å². The average Bonchev–Trinajstić information content (AvgIpc) is 2.64. The summed E-state index contributed by atoms with van der Waals surface area (Å²) in [4.78, 5) is 24.6. The zero-order valence-electron chi connectivity index (χ0n) is 15.6. The molecule has 1 atom stereocenters. The zero-order chi connectivity index (χ0) is 20.7. The first-order valence-corrected chi connectivity index (χ1v) is 8.83. The monoisotopic (exact) mass is 393 g/mol. The fourth-order valence-corrected chi connectivity index (χ4v) is 2.54. The van der Waals surface area contributed by atoms with Gasteiger partial charge in [-0.1, -0.05) is 56.3 Å². The van der Waals surface area contributed by atoms with Crippen molar-refractivity contribution in [3.05, 3.63) is 71.3 Å². The summed E-state index contributed by atoms with van der Waals surface area (Å²) in [6.45, 7) is 3.37. The minimum absolute atomic E-state index is 0.135. The molecule has 0 radical (unpaired) electrons. The van der Waals surface area contributed by atoms with Gasteiger partial charge in [-0.2, -0.15) is 13.2 Å². The van der Waals surface area contributed by atoms with Crippen LogP contribution in [0.15, 0.2) is 54.6 Å². The summed E-state index contributed by atoms with van der Waals surface area (Å²) in [6, 6.07) is 12.7. The van der Waals surface area contributed by atoms with Crippen molar-refractivity contribution in [2.24, 2.45) is 5.92 Å². The number of carbonyl (C=O) groups excluding carboxylic acids is 2. The fraction of sp³-hybridized carbons (Fsp3) is 0.333. The highest BCUT2D eigenvalue weighted by atomic mass is 19.4. The van der Waals surface area contributed by atoms with E-state index in [1.54, 1.807) is 13.8 Å². The number of hydrogen-bond acceptors (Lipinski definition) is 3. The van der Waals surface area contributed by atoms with Crippen molar-refractivity contribution < 1.29 is 27.5 Å². The van der Waals surface area contributed by atoms with Crippen LogP contribution in [0.3, 0.4) is 0 Å². The van der Waals surface area contributed by atoms with Crippen LogP contribution in [0.2, 0.25) is 0 Å². The molecule has 2 aromatic carbocycles. The lowest BCUT2D eigenvalue weighted by Gasteiger charge is -2.21. The molecule has 150 valence electrons. The molecule has 0 heterocycles. The normalized spacial score (nSPS) is 12.5. The summed E-state index contributed by atoms with van der Waals surface area (Å²) in [6.07, 6.45) is -4.28. The second-order valence-electron chi connectivity index (χ2n) is 6.75. The van der Waals surface area contributed by atoms with Gasteiger partial charge in [0, 0.05) is 0 Å². The molecule has 0 aliphatic carbocycles. The van der Waals surface area contributed by atoms with Crippen LogP contribution in [-0.2, 0) is 33.5 Å². The largest absolute Gasteiger partial charge is 0.459 e. The van der Waals surface area contributed by atoms with Gasteiger partial charge in [0.2, 0.25) is 5.91 Å². The molecule has 0 saturated heterocycles. The van der Waals surface area contributed by atoms with E-state index in [0.717, 1.165) is 17.7 Å². The van der Waals surface area contributed by atoms with Crippen LogP contribution in [0.1, 0.15) is 30.5 Å². The molecule has 0 fully saturated rings. The third-order valence-corrected chi connectivity index (χ3v) is 4.11. The molecule has 2 rings (SSSR count). The van der Waals surface area contributed by atoms with Crippen molar-refractivity contribution in [2.45, 2.75) is 39.1 Å². The minimum atomic E-state index is -4.42. The Morgan fingerprint density at radius 2 is 1.57 bits per heavy atom. The van der Waals surface area contributed by atoms with Crippen LogP contribution in [0, 0.1) is 5.92 Å². The van der Waals surface area contributed by atoms with E-state index < -0.39 is 23.8 Å². The zero-order valence-corrected chi connectivity index (χ0v) is 15.6. The Morgan fingerprint density at radius 3 is 2.11 bits per heavy atom. The Bertz CT molecular complexity index is 787. The molecule has 7 heteroatoms. The van der Waals surface area contributed by atoms with Gasteiger partial charge in [-0.25, -0.2) is 4.79 Å². The van der Waals surface area contributed by atoms with Gasteiger partial charge in [-0.05, 0) is 29.2 Å². The third kappa shape index (κ3) is 6.40. The summed E-state index contributed by atoms with van der Waals surface area (Å²) >= 11 is 0. The first-order chi connectivity index (χ1) is 13.2. The van der Waals surface area contributed by atoms with E-state index in [0.29, 0.717) is 5.56 Å². The Balaban J connectivity index is 1.92. The molecule has 0 spiro atoms. The van der Waals surface area contributed by atoms with E-state index in [-0.39, 0.29) is 24.9 Å². The molecular formula is C21H22F3NO3. The van der Waals surface area contributed by atoms with E-state index >= 15 is 0 Å². The predicted molar refractivity (Wildman–Crippen MR) is 98.2 cm³/mol. The highest BCUT2D eigenvalue weighted by molar-refractivity contribution is 5.85. The second-order valence-corrected chi connectivity index (χ2v) is 6.75. The predicted octanol–water partition coefficient (Wildman–Crippen LogP) is 4.13. The minimum Gasteiger partial charge on any atom is -0.459 e. The molecule has 28 heavy (non-hydrogen) atoms. The topological polar surface area (TPSA) is 55.4 Å². The Hall–Kier alpha value is -2.83. The van der Waals surface area contributed by atoms with Gasteiger partial charge in [-0.3, -0.25) is 4.79 Å². The number of halogens is 3. The molecule has 1 amide bonds. The number of ether oxygens (including phenoxy) is 1. The number of amides is 1.